The van der Waals surface area contributed by atoms with E-state index in [1.165, 1.54) is 0 Å². The molecule has 0 saturated heterocycles. The van der Waals surface area contributed by atoms with E-state index in [-0.39, 0.29) is 5.56 Å². The van der Waals surface area contributed by atoms with Crippen molar-refractivity contribution in [1.29, 1.82) is 0 Å². The van der Waals surface area contributed by atoms with Crippen LogP contribution < -0.4 is 0 Å². The number of hydrogen-bond donors (Lipinski definition) is 0. The molecule has 0 amide bonds. The van der Waals surface area contributed by atoms with Gasteiger partial charge < -0.3 is 0 Å². The Labute approximate surface area is 122 Å². The predicted octanol–water partition coefficient (Wildman–Crippen LogP) is 5.22. The normalized spacial score (nSPS) is 21.2. The van der Waals surface area contributed by atoms with E-state index in [1.54, 1.807) is 0 Å². The molecule has 0 radical (unpaired) electrons. The van der Waals surface area contributed by atoms with Crippen molar-refractivity contribution in [3.8, 4) is 0 Å². The molecule has 6 heteroatoms. The molecule has 0 aromatic heterocycles. The average molecular weight is 316 g/mol. The number of halogens is 6. The van der Waals surface area contributed by atoms with Crippen LogP contribution in [-0.4, -0.2) is 0 Å². The molecule has 4 aliphatic carbocycles. The highest BCUT2D eigenvalue weighted by atomic mass is 19.3. The summed E-state index contributed by atoms with van der Waals surface area (Å²) in [5.41, 5.74) is -2.30. The maximum atomic E-state index is 14.1. The van der Waals surface area contributed by atoms with Gasteiger partial charge in [0, 0.05) is 23.1 Å². The lowest BCUT2D eigenvalue weighted by molar-refractivity contribution is -0.223. The third-order valence-electron chi connectivity index (χ3n) is 3.81. The number of benzene rings is 2. The maximum Gasteiger partial charge on any atom is 0.339 e. The van der Waals surface area contributed by atoms with Gasteiger partial charge in [0.2, 0.25) is 0 Å². The molecule has 0 aliphatic heterocycles. The molecule has 2 aromatic rings. The van der Waals surface area contributed by atoms with Crippen molar-refractivity contribution in [2.45, 2.75) is 24.2 Å². The van der Waals surface area contributed by atoms with Crippen LogP contribution in [0.15, 0.2) is 48.5 Å². The first-order chi connectivity index (χ1) is 10.1. The Bertz CT molecular complexity index is 686. The van der Waals surface area contributed by atoms with E-state index >= 15 is 0 Å². The molecular formula is C16H10F6. The lowest BCUT2D eigenvalue weighted by Crippen LogP contribution is -2.36. The predicted molar refractivity (Wildman–Crippen MR) is 68.3 cm³/mol. The van der Waals surface area contributed by atoms with Gasteiger partial charge in [-0.25, -0.2) is 8.78 Å². The lowest BCUT2D eigenvalue weighted by atomic mass is 9.91. The van der Waals surface area contributed by atoms with Crippen LogP contribution in [0.5, 0.6) is 0 Å². The van der Waals surface area contributed by atoms with Crippen LogP contribution in [-0.2, 0) is 24.2 Å². The standard InChI is InChI=1S/C16H10F6/c17-14(18)9-10-1-3-12(4-2-10)15(19,20)16(21,22)13-7-5-11(14)6-8-13/h1-8H,9H2. The van der Waals surface area contributed by atoms with Crippen molar-refractivity contribution < 1.29 is 26.3 Å². The first-order valence-electron chi connectivity index (χ1n) is 6.48. The molecule has 0 saturated carbocycles. The van der Waals surface area contributed by atoms with E-state index in [1.807, 2.05) is 0 Å². The molecule has 6 rings (SSSR count). The number of alkyl halides is 6. The van der Waals surface area contributed by atoms with Crippen LogP contribution in [0.1, 0.15) is 22.3 Å². The third-order valence-corrected chi connectivity index (χ3v) is 3.81. The first kappa shape index (κ1) is 14.9. The zero-order valence-electron chi connectivity index (χ0n) is 11.1. The van der Waals surface area contributed by atoms with E-state index in [0.29, 0.717) is 12.1 Å². The smallest absolute Gasteiger partial charge is 0.201 e. The molecule has 0 fully saturated rings. The fourth-order valence-corrected chi connectivity index (χ4v) is 2.48. The third kappa shape index (κ3) is 2.09. The van der Waals surface area contributed by atoms with E-state index in [4.69, 9.17) is 0 Å². The summed E-state index contributed by atoms with van der Waals surface area (Å²) in [4.78, 5) is 0. The Kier molecular flexibility index (Phi) is 3.06. The second-order valence-corrected chi connectivity index (χ2v) is 5.30. The van der Waals surface area contributed by atoms with Crippen molar-refractivity contribution in [2.75, 3.05) is 0 Å². The highest BCUT2D eigenvalue weighted by Crippen LogP contribution is 2.50. The molecule has 0 atom stereocenters. The largest absolute Gasteiger partial charge is 0.339 e. The van der Waals surface area contributed by atoms with Gasteiger partial charge >= 0.3 is 11.8 Å². The fourth-order valence-electron chi connectivity index (χ4n) is 2.48. The Balaban J connectivity index is 2.27. The topological polar surface area (TPSA) is 0 Å². The Morgan fingerprint density at radius 3 is 1.36 bits per heavy atom. The zero-order valence-corrected chi connectivity index (χ0v) is 11.1. The number of hydrogen-bond acceptors (Lipinski definition) is 0. The minimum atomic E-state index is -4.50. The summed E-state index contributed by atoms with van der Waals surface area (Å²) in [6, 6.07) is 6.40. The molecule has 0 N–H and O–H groups in total. The van der Waals surface area contributed by atoms with Crippen molar-refractivity contribution in [3.05, 3.63) is 70.8 Å². The maximum absolute atomic E-state index is 14.1. The number of rotatable bonds is 0. The Morgan fingerprint density at radius 2 is 0.909 bits per heavy atom. The lowest BCUT2D eigenvalue weighted by Gasteiger charge is -2.28. The molecule has 22 heavy (non-hydrogen) atoms. The quantitative estimate of drug-likeness (QED) is 0.585. The second kappa shape index (κ2) is 4.51. The molecule has 0 spiro atoms. The minimum Gasteiger partial charge on any atom is -0.201 e. The van der Waals surface area contributed by atoms with Crippen molar-refractivity contribution in [1.82, 2.24) is 0 Å². The molecule has 4 bridgehead atoms. The highest BCUT2D eigenvalue weighted by molar-refractivity contribution is 5.36. The zero-order chi connectivity index (χ0) is 16.2. The van der Waals surface area contributed by atoms with E-state index in [0.717, 1.165) is 36.4 Å². The second-order valence-electron chi connectivity index (χ2n) is 5.30. The average Bonchev–Trinajstić information content (AvgIpc) is 2.46. The molecular weight excluding hydrogens is 306 g/mol. The molecule has 4 aliphatic rings. The van der Waals surface area contributed by atoms with Crippen molar-refractivity contribution in [2.24, 2.45) is 0 Å². The summed E-state index contributed by atoms with van der Waals surface area (Å²) in [5.74, 6) is -12.2. The van der Waals surface area contributed by atoms with Gasteiger partial charge in [-0.05, 0) is 5.56 Å². The molecule has 0 heterocycles. The van der Waals surface area contributed by atoms with Crippen LogP contribution >= 0.6 is 0 Å². The van der Waals surface area contributed by atoms with Gasteiger partial charge in [-0.15, -0.1) is 0 Å². The molecule has 116 valence electrons. The fraction of sp³-hybridized carbons (Fsp3) is 0.250. The van der Waals surface area contributed by atoms with E-state index < -0.39 is 40.9 Å². The Hall–Kier alpha value is -1.98. The summed E-state index contributed by atoms with van der Waals surface area (Å²) < 4.78 is 84.7. The monoisotopic (exact) mass is 316 g/mol. The summed E-state index contributed by atoms with van der Waals surface area (Å²) in [6.45, 7) is 0. The minimum absolute atomic E-state index is 0.0949. The SMILES string of the molecule is FC1(F)Cc2ccc(cc2)C(F)(F)C(F)(F)c2ccc1cc2. The van der Waals surface area contributed by atoms with Crippen molar-refractivity contribution >= 4 is 0 Å². The summed E-state index contributed by atoms with van der Waals surface area (Å²) >= 11 is 0. The van der Waals surface area contributed by atoms with Crippen LogP contribution in [0.3, 0.4) is 0 Å². The van der Waals surface area contributed by atoms with Crippen molar-refractivity contribution in [3.63, 3.8) is 0 Å². The van der Waals surface area contributed by atoms with Gasteiger partial charge in [-0.3, -0.25) is 0 Å². The van der Waals surface area contributed by atoms with Crippen LogP contribution in [0.25, 0.3) is 0 Å². The van der Waals surface area contributed by atoms with E-state index in [2.05, 4.69) is 0 Å². The van der Waals surface area contributed by atoms with Gasteiger partial charge in [-0.2, -0.15) is 17.6 Å². The molecule has 0 nitrogen and oxygen atoms in total. The summed E-state index contributed by atoms with van der Waals surface area (Å²) in [6.07, 6.45) is -0.686. The summed E-state index contributed by atoms with van der Waals surface area (Å²) in [7, 11) is 0. The van der Waals surface area contributed by atoms with Gasteiger partial charge in [0.05, 0.1) is 0 Å². The van der Waals surface area contributed by atoms with Crippen LogP contribution in [0.2, 0.25) is 0 Å². The van der Waals surface area contributed by atoms with E-state index in [9.17, 15) is 26.3 Å². The van der Waals surface area contributed by atoms with Gasteiger partial charge in [0.25, 0.3) is 5.92 Å². The molecule has 2 aromatic carbocycles. The van der Waals surface area contributed by atoms with Crippen LogP contribution in [0.4, 0.5) is 26.3 Å². The first-order valence-corrected chi connectivity index (χ1v) is 6.48. The van der Waals surface area contributed by atoms with Crippen LogP contribution in [0, 0.1) is 0 Å². The van der Waals surface area contributed by atoms with Gasteiger partial charge in [0.1, 0.15) is 0 Å². The van der Waals surface area contributed by atoms with Gasteiger partial charge in [-0.1, -0.05) is 48.5 Å². The van der Waals surface area contributed by atoms with Gasteiger partial charge in [0.15, 0.2) is 0 Å². The summed E-state index contributed by atoms with van der Waals surface area (Å²) in [5, 5.41) is 0. The Morgan fingerprint density at radius 1 is 0.545 bits per heavy atom. The molecule has 0 unspecified atom stereocenters. The highest BCUT2D eigenvalue weighted by Gasteiger charge is 2.58.